The molecule has 76 valence electrons. The van der Waals surface area contributed by atoms with Gasteiger partial charge in [0.05, 0.1) is 6.42 Å². The molecule has 0 radical (unpaired) electrons. The molecule has 1 aromatic carbocycles. The molecule has 0 unspecified atom stereocenters. The molecule has 0 aliphatic rings. The molecule has 0 amide bonds. The molecule has 14 heavy (non-hydrogen) atoms. The first kappa shape index (κ1) is 10.6. The van der Waals surface area contributed by atoms with Crippen LogP contribution in [0.1, 0.15) is 30.4 Å². The fraction of sp³-hybridized carbons (Fsp3) is 0.364. The standard InChI is InChI=1S/C11H14O3/c1-7-3-4-9(10(12)5-7)8(2)6-11(13)14/h3-5,8,12H,6H2,1-2H3,(H,13,14)/t8-/m0/s1. The lowest BCUT2D eigenvalue weighted by molar-refractivity contribution is -0.137. The molecule has 0 heterocycles. The fourth-order valence-corrected chi connectivity index (χ4v) is 1.44. The Morgan fingerprint density at radius 2 is 2.14 bits per heavy atom. The van der Waals surface area contributed by atoms with Crippen molar-refractivity contribution in [2.75, 3.05) is 0 Å². The number of phenolic OH excluding ortho intramolecular Hbond substituents is 1. The second-order valence-corrected chi connectivity index (χ2v) is 3.56. The van der Waals surface area contributed by atoms with Crippen molar-refractivity contribution >= 4 is 5.97 Å². The van der Waals surface area contributed by atoms with Crippen LogP contribution in [0.5, 0.6) is 5.75 Å². The van der Waals surface area contributed by atoms with Gasteiger partial charge in [-0.15, -0.1) is 0 Å². The number of aliphatic carboxylic acids is 1. The third-order valence-electron chi connectivity index (χ3n) is 2.20. The number of hydrogen-bond acceptors (Lipinski definition) is 2. The van der Waals surface area contributed by atoms with Crippen molar-refractivity contribution in [3.8, 4) is 5.75 Å². The maximum Gasteiger partial charge on any atom is 0.303 e. The number of aromatic hydroxyl groups is 1. The van der Waals surface area contributed by atoms with Gasteiger partial charge in [0.15, 0.2) is 0 Å². The number of carboxylic acid groups (broad SMARTS) is 1. The van der Waals surface area contributed by atoms with Crippen molar-refractivity contribution in [1.82, 2.24) is 0 Å². The smallest absolute Gasteiger partial charge is 0.303 e. The average Bonchev–Trinajstić information content (AvgIpc) is 2.01. The normalized spacial score (nSPS) is 12.4. The van der Waals surface area contributed by atoms with Crippen molar-refractivity contribution in [2.24, 2.45) is 0 Å². The molecule has 0 saturated heterocycles. The number of carboxylic acids is 1. The van der Waals surface area contributed by atoms with E-state index in [-0.39, 0.29) is 18.1 Å². The summed E-state index contributed by atoms with van der Waals surface area (Å²) >= 11 is 0. The second kappa shape index (κ2) is 4.13. The van der Waals surface area contributed by atoms with Crippen LogP contribution in [0.25, 0.3) is 0 Å². The molecule has 0 aliphatic carbocycles. The van der Waals surface area contributed by atoms with Gasteiger partial charge in [-0.25, -0.2) is 0 Å². The summed E-state index contributed by atoms with van der Waals surface area (Å²) in [4.78, 5) is 10.5. The average molecular weight is 194 g/mol. The minimum Gasteiger partial charge on any atom is -0.508 e. The first-order valence-corrected chi connectivity index (χ1v) is 4.52. The highest BCUT2D eigenvalue weighted by atomic mass is 16.4. The molecular weight excluding hydrogens is 180 g/mol. The van der Waals surface area contributed by atoms with Gasteiger partial charge in [0.2, 0.25) is 0 Å². The van der Waals surface area contributed by atoms with Gasteiger partial charge in [-0.1, -0.05) is 19.1 Å². The van der Waals surface area contributed by atoms with Crippen LogP contribution in [0.15, 0.2) is 18.2 Å². The third kappa shape index (κ3) is 2.49. The van der Waals surface area contributed by atoms with Gasteiger partial charge >= 0.3 is 5.97 Å². The highest BCUT2D eigenvalue weighted by Gasteiger charge is 2.13. The predicted molar refractivity (Wildman–Crippen MR) is 53.5 cm³/mol. The zero-order valence-electron chi connectivity index (χ0n) is 8.32. The SMILES string of the molecule is Cc1ccc([C@@H](C)CC(=O)O)c(O)c1. The van der Waals surface area contributed by atoms with Crippen LogP contribution < -0.4 is 0 Å². The molecule has 3 heteroatoms. The van der Waals surface area contributed by atoms with E-state index in [1.807, 2.05) is 13.0 Å². The van der Waals surface area contributed by atoms with E-state index in [0.717, 1.165) is 5.56 Å². The minimum atomic E-state index is -0.850. The van der Waals surface area contributed by atoms with E-state index in [1.54, 1.807) is 19.1 Å². The molecule has 1 atom stereocenters. The van der Waals surface area contributed by atoms with Gasteiger partial charge in [-0.05, 0) is 30.0 Å². The largest absolute Gasteiger partial charge is 0.508 e. The second-order valence-electron chi connectivity index (χ2n) is 3.56. The van der Waals surface area contributed by atoms with Crippen molar-refractivity contribution in [2.45, 2.75) is 26.2 Å². The number of benzene rings is 1. The van der Waals surface area contributed by atoms with Crippen LogP contribution >= 0.6 is 0 Å². The molecule has 0 saturated carbocycles. The van der Waals surface area contributed by atoms with Crippen LogP contribution in [0.2, 0.25) is 0 Å². The van der Waals surface area contributed by atoms with Crippen molar-refractivity contribution in [3.05, 3.63) is 29.3 Å². The molecule has 0 bridgehead atoms. The van der Waals surface area contributed by atoms with Crippen LogP contribution in [-0.2, 0) is 4.79 Å². The summed E-state index contributed by atoms with van der Waals surface area (Å²) in [5.41, 5.74) is 1.66. The Hall–Kier alpha value is -1.51. The number of hydrogen-bond donors (Lipinski definition) is 2. The van der Waals surface area contributed by atoms with Gasteiger partial charge in [0.25, 0.3) is 0 Å². The summed E-state index contributed by atoms with van der Waals surface area (Å²) in [6, 6.07) is 5.29. The van der Waals surface area contributed by atoms with Gasteiger partial charge < -0.3 is 10.2 Å². The lowest BCUT2D eigenvalue weighted by Gasteiger charge is -2.11. The predicted octanol–water partition coefficient (Wildman–Crippen LogP) is 2.28. The Bertz CT molecular complexity index is 344. The summed E-state index contributed by atoms with van der Waals surface area (Å²) in [5.74, 6) is -0.829. The van der Waals surface area contributed by atoms with Crippen molar-refractivity contribution < 1.29 is 15.0 Å². The number of phenols is 1. The summed E-state index contributed by atoms with van der Waals surface area (Å²) in [6.45, 7) is 3.67. The van der Waals surface area contributed by atoms with E-state index in [9.17, 15) is 9.90 Å². The Balaban J connectivity index is 2.90. The van der Waals surface area contributed by atoms with E-state index in [4.69, 9.17) is 5.11 Å². The Labute approximate surface area is 83.0 Å². The fourth-order valence-electron chi connectivity index (χ4n) is 1.44. The molecule has 0 aromatic heterocycles. The molecule has 2 N–H and O–H groups in total. The Kier molecular flexibility index (Phi) is 3.12. The topological polar surface area (TPSA) is 57.5 Å². The quantitative estimate of drug-likeness (QED) is 0.776. The molecular formula is C11H14O3. The molecule has 1 aromatic rings. The van der Waals surface area contributed by atoms with Gasteiger partial charge in [0, 0.05) is 0 Å². The Morgan fingerprint density at radius 1 is 1.50 bits per heavy atom. The third-order valence-corrected chi connectivity index (χ3v) is 2.20. The minimum absolute atomic E-state index is 0.0383. The van der Waals surface area contributed by atoms with Gasteiger partial charge in [0.1, 0.15) is 5.75 Å². The molecule has 0 fully saturated rings. The Morgan fingerprint density at radius 3 is 2.64 bits per heavy atom. The van der Waals surface area contributed by atoms with Crippen molar-refractivity contribution in [3.63, 3.8) is 0 Å². The lowest BCUT2D eigenvalue weighted by atomic mass is 9.96. The maximum absolute atomic E-state index is 10.5. The zero-order valence-corrected chi connectivity index (χ0v) is 8.32. The van der Waals surface area contributed by atoms with E-state index >= 15 is 0 Å². The summed E-state index contributed by atoms with van der Waals surface area (Å²) < 4.78 is 0. The van der Waals surface area contributed by atoms with E-state index in [2.05, 4.69) is 0 Å². The zero-order chi connectivity index (χ0) is 10.7. The highest BCUT2D eigenvalue weighted by molar-refractivity contribution is 5.68. The van der Waals surface area contributed by atoms with Crippen LogP contribution in [0.3, 0.4) is 0 Å². The van der Waals surface area contributed by atoms with E-state index in [1.165, 1.54) is 0 Å². The lowest BCUT2D eigenvalue weighted by Crippen LogP contribution is -2.03. The maximum atomic E-state index is 10.5. The summed E-state index contributed by atoms with van der Waals surface area (Å²) in [7, 11) is 0. The monoisotopic (exact) mass is 194 g/mol. The van der Waals surface area contributed by atoms with E-state index in [0.29, 0.717) is 5.56 Å². The number of aryl methyl sites for hydroxylation is 1. The molecule has 3 nitrogen and oxygen atoms in total. The van der Waals surface area contributed by atoms with Crippen LogP contribution in [0.4, 0.5) is 0 Å². The van der Waals surface area contributed by atoms with Gasteiger partial charge in [-0.3, -0.25) is 4.79 Å². The van der Waals surface area contributed by atoms with Gasteiger partial charge in [-0.2, -0.15) is 0 Å². The first-order chi connectivity index (χ1) is 6.50. The first-order valence-electron chi connectivity index (χ1n) is 4.52. The van der Waals surface area contributed by atoms with Crippen LogP contribution in [-0.4, -0.2) is 16.2 Å². The van der Waals surface area contributed by atoms with Crippen LogP contribution in [0, 0.1) is 6.92 Å². The summed E-state index contributed by atoms with van der Waals surface area (Å²) in [5, 5.41) is 18.2. The number of rotatable bonds is 3. The highest BCUT2D eigenvalue weighted by Crippen LogP contribution is 2.28. The summed E-state index contributed by atoms with van der Waals surface area (Å²) in [6.07, 6.45) is 0.0383. The number of carbonyl (C=O) groups is 1. The molecule has 0 aliphatic heterocycles. The van der Waals surface area contributed by atoms with E-state index < -0.39 is 5.97 Å². The molecule has 1 rings (SSSR count). The molecule has 0 spiro atoms. The van der Waals surface area contributed by atoms with Crippen molar-refractivity contribution in [1.29, 1.82) is 0 Å².